The summed E-state index contributed by atoms with van der Waals surface area (Å²) in [6, 6.07) is 5.38. The van der Waals surface area contributed by atoms with Crippen LogP contribution in [0, 0.1) is 29.0 Å². The molecule has 2 aromatic rings. The number of likely N-dealkylation sites (tertiary alicyclic amines) is 1. The maximum absolute atomic E-state index is 14.2. The third kappa shape index (κ3) is 4.82. The Balaban J connectivity index is 1.31. The Labute approximate surface area is 199 Å². The number of carbonyl (C=O) groups excluding carboxylic acids is 1. The molecule has 34 heavy (non-hydrogen) atoms. The number of benzene rings is 1. The van der Waals surface area contributed by atoms with Gasteiger partial charge in [-0.3, -0.25) is 20.2 Å². The van der Waals surface area contributed by atoms with Gasteiger partial charge in [-0.2, -0.15) is 0 Å². The highest BCUT2D eigenvalue weighted by Gasteiger charge is 2.53. The minimum absolute atomic E-state index is 0.110. The molecule has 1 saturated carbocycles. The van der Waals surface area contributed by atoms with Crippen LogP contribution in [0.25, 0.3) is 6.08 Å². The molecule has 1 aliphatic heterocycles. The molecule has 1 spiro atoms. The Morgan fingerprint density at radius 1 is 1.26 bits per heavy atom. The first-order valence-corrected chi connectivity index (χ1v) is 11.5. The van der Waals surface area contributed by atoms with Crippen molar-refractivity contribution in [2.24, 2.45) is 5.41 Å². The van der Waals surface area contributed by atoms with E-state index in [0.29, 0.717) is 17.5 Å². The number of rotatable bonds is 9. The molecule has 1 aromatic carbocycles. The summed E-state index contributed by atoms with van der Waals surface area (Å²) in [6.07, 6.45) is 9.50. The summed E-state index contributed by atoms with van der Waals surface area (Å²) >= 11 is 0. The summed E-state index contributed by atoms with van der Waals surface area (Å²) in [5.74, 6) is 0.369. The van der Waals surface area contributed by atoms with Crippen molar-refractivity contribution in [3.05, 3.63) is 64.2 Å². The van der Waals surface area contributed by atoms with Gasteiger partial charge < -0.3 is 14.5 Å². The molecule has 8 heteroatoms. The van der Waals surface area contributed by atoms with Crippen LogP contribution in [0.15, 0.2) is 30.6 Å². The average molecular weight is 466 g/mol. The molecule has 1 aliphatic carbocycles. The molecular weight excluding hydrogens is 433 g/mol. The summed E-state index contributed by atoms with van der Waals surface area (Å²) in [5, 5.41) is 15.1. The van der Waals surface area contributed by atoms with Crippen molar-refractivity contribution in [2.45, 2.75) is 32.3 Å². The van der Waals surface area contributed by atoms with Gasteiger partial charge in [0.1, 0.15) is 17.1 Å². The van der Waals surface area contributed by atoms with E-state index in [2.05, 4.69) is 4.90 Å². The van der Waals surface area contributed by atoms with Gasteiger partial charge in [0.25, 0.3) is 0 Å². The number of ether oxygens (including phenoxy) is 1. The molecule has 0 unspecified atom stereocenters. The fraction of sp³-hybridized carbons (Fsp3) is 0.423. The van der Waals surface area contributed by atoms with Crippen molar-refractivity contribution in [3.8, 4) is 5.75 Å². The molecule has 1 saturated heterocycles. The highest BCUT2D eigenvalue weighted by atomic mass is 19.1. The van der Waals surface area contributed by atoms with Crippen molar-refractivity contribution >= 4 is 18.7 Å². The molecule has 0 atom stereocenters. The van der Waals surface area contributed by atoms with Gasteiger partial charge in [-0.15, -0.1) is 0 Å². The van der Waals surface area contributed by atoms with Crippen LogP contribution in [0.2, 0.25) is 0 Å². The third-order valence-corrected chi connectivity index (χ3v) is 6.84. The Hall–Kier alpha value is -3.26. The van der Waals surface area contributed by atoms with Crippen molar-refractivity contribution in [1.29, 1.82) is 10.8 Å². The molecule has 2 N–H and O–H groups in total. The number of carbonyl (C=O) groups is 1. The summed E-state index contributed by atoms with van der Waals surface area (Å²) < 4.78 is 21.7. The Morgan fingerprint density at radius 2 is 2.00 bits per heavy atom. The molecule has 2 aliphatic rings. The zero-order valence-corrected chi connectivity index (χ0v) is 20.0. The van der Waals surface area contributed by atoms with Gasteiger partial charge in [-0.1, -0.05) is 6.07 Å². The maximum atomic E-state index is 14.2. The fourth-order valence-electron chi connectivity index (χ4n) is 5.03. The topological polar surface area (TPSA) is 85.4 Å². The van der Waals surface area contributed by atoms with Gasteiger partial charge >= 0.3 is 0 Å². The monoisotopic (exact) mass is 465 g/mol. The largest absolute Gasteiger partial charge is 0.490 e. The van der Waals surface area contributed by atoms with Gasteiger partial charge in [0.2, 0.25) is 0 Å². The summed E-state index contributed by atoms with van der Waals surface area (Å²) in [5.41, 5.74) is 3.31. The van der Waals surface area contributed by atoms with E-state index in [0.717, 1.165) is 66.5 Å². The summed E-state index contributed by atoms with van der Waals surface area (Å²) in [6.45, 7) is 4.62. The molecule has 0 bridgehead atoms. The van der Waals surface area contributed by atoms with Gasteiger partial charge in [0.05, 0.1) is 12.4 Å². The molecule has 7 nitrogen and oxygen atoms in total. The number of hydrogen-bond donors (Lipinski definition) is 2. The van der Waals surface area contributed by atoms with E-state index < -0.39 is 0 Å². The van der Waals surface area contributed by atoms with E-state index in [9.17, 15) is 9.18 Å². The lowest BCUT2D eigenvalue weighted by molar-refractivity contribution is -0.118. The van der Waals surface area contributed by atoms with E-state index in [1.807, 2.05) is 50.3 Å². The second-order valence-electron chi connectivity index (χ2n) is 9.78. The standard InChI is InChI=1S/C26H32FN5O2/c1-18-4-5-24(21(22(18)14-33)7-8-30(2)3)34-20-11-26(12-20)15-31(16-26)9-6-19-10-25(29)32(17-28)13-23(19)27/h4-5,7-8,10,13-14,17,20,28-29H,6,9,11-12,15-16H2,1-3H3/b8-7-,28-17?,29-25?. The highest BCUT2D eigenvalue weighted by molar-refractivity contribution is 5.86. The van der Waals surface area contributed by atoms with Crippen molar-refractivity contribution < 1.29 is 13.9 Å². The van der Waals surface area contributed by atoms with Gasteiger partial charge in [-0.25, -0.2) is 4.39 Å². The number of aromatic nitrogens is 1. The number of hydrogen-bond acceptors (Lipinski definition) is 6. The summed E-state index contributed by atoms with van der Waals surface area (Å²) in [4.78, 5) is 15.9. The zero-order valence-electron chi connectivity index (χ0n) is 20.0. The van der Waals surface area contributed by atoms with E-state index in [-0.39, 0.29) is 22.8 Å². The van der Waals surface area contributed by atoms with E-state index in [4.69, 9.17) is 15.6 Å². The van der Waals surface area contributed by atoms with Crippen LogP contribution in [0.1, 0.15) is 39.9 Å². The average Bonchev–Trinajstić information content (AvgIpc) is 2.74. The fourth-order valence-corrected chi connectivity index (χ4v) is 5.03. The first-order valence-electron chi connectivity index (χ1n) is 11.5. The van der Waals surface area contributed by atoms with E-state index in [1.165, 1.54) is 12.3 Å². The number of halogens is 1. The Morgan fingerprint density at radius 3 is 2.65 bits per heavy atom. The maximum Gasteiger partial charge on any atom is 0.151 e. The lowest BCUT2D eigenvalue weighted by Gasteiger charge is -2.58. The van der Waals surface area contributed by atoms with Crippen LogP contribution < -0.4 is 10.2 Å². The van der Waals surface area contributed by atoms with Gasteiger partial charge in [-0.05, 0) is 61.7 Å². The number of nitrogens with one attached hydrogen (secondary N) is 2. The van der Waals surface area contributed by atoms with Crippen LogP contribution in [0.3, 0.4) is 0 Å². The second kappa shape index (κ2) is 9.54. The molecule has 1 aromatic heterocycles. The zero-order chi connectivity index (χ0) is 24.5. The predicted molar refractivity (Wildman–Crippen MR) is 130 cm³/mol. The highest BCUT2D eigenvalue weighted by Crippen LogP contribution is 2.50. The van der Waals surface area contributed by atoms with Crippen LogP contribution >= 0.6 is 0 Å². The minimum atomic E-state index is -0.376. The van der Waals surface area contributed by atoms with Crippen molar-refractivity contribution in [2.75, 3.05) is 33.7 Å². The number of pyridine rings is 1. The summed E-state index contributed by atoms with van der Waals surface area (Å²) in [7, 11) is 3.88. The van der Waals surface area contributed by atoms with Crippen LogP contribution in [-0.4, -0.2) is 66.8 Å². The second-order valence-corrected chi connectivity index (χ2v) is 9.78. The Kier molecular flexibility index (Phi) is 6.70. The predicted octanol–water partition coefficient (Wildman–Crippen LogP) is 3.30. The molecule has 4 rings (SSSR count). The van der Waals surface area contributed by atoms with Crippen LogP contribution in [0.5, 0.6) is 5.75 Å². The van der Waals surface area contributed by atoms with Crippen molar-refractivity contribution in [3.63, 3.8) is 0 Å². The van der Waals surface area contributed by atoms with Crippen molar-refractivity contribution in [1.82, 2.24) is 14.4 Å². The Bertz CT molecular complexity index is 1170. The molecular formula is C26H32FN5O2. The van der Waals surface area contributed by atoms with Gasteiger partial charge in [0, 0.05) is 56.5 Å². The molecule has 0 radical (unpaired) electrons. The normalized spacial score (nSPS) is 17.4. The smallest absolute Gasteiger partial charge is 0.151 e. The first kappa shape index (κ1) is 23.9. The lowest BCUT2D eigenvalue weighted by Crippen LogP contribution is -2.64. The number of aryl methyl sites for hydroxylation is 1. The SMILES string of the molecule is Cc1ccc(OC2CC3(C2)CN(CCc2cc(=N)n(C=N)cc2F)C3)c(/C=C\N(C)C)c1C=O. The molecule has 2 heterocycles. The number of aldehydes is 1. The minimum Gasteiger partial charge on any atom is -0.490 e. The lowest BCUT2D eigenvalue weighted by atomic mass is 9.61. The van der Waals surface area contributed by atoms with E-state index >= 15 is 0 Å². The van der Waals surface area contributed by atoms with Crippen LogP contribution in [0.4, 0.5) is 4.39 Å². The number of nitrogens with zero attached hydrogens (tertiary/aromatic N) is 3. The van der Waals surface area contributed by atoms with Gasteiger partial charge in [0.15, 0.2) is 6.29 Å². The molecule has 0 amide bonds. The van der Waals surface area contributed by atoms with E-state index in [1.54, 1.807) is 0 Å². The molecule has 2 fully saturated rings. The quantitative estimate of drug-likeness (QED) is 0.338. The molecule has 180 valence electrons. The van der Waals surface area contributed by atoms with Crippen LogP contribution in [-0.2, 0) is 6.42 Å². The third-order valence-electron chi connectivity index (χ3n) is 6.84. The first-order chi connectivity index (χ1) is 16.2.